The van der Waals surface area contributed by atoms with Crippen LogP contribution in [0.15, 0.2) is 0 Å². The average Bonchev–Trinajstić information content (AvgIpc) is 2.28. The van der Waals surface area contributed by atoms with Crippen LogP contribution < -0.4 is 0 Å². The highest BCUT2D eigenvalue weighted by Gasteiger charge is 2.38. The van der Waals surface area contributed by atoms with Gasteiger partial charge in [0.2, 0.25) is 0 Å². The first kappa shape index (κ1) is 10.8. The summed E-state index contributed by atoms with van der Waals surface area (Å²) in [6, 6.07) is -0.318. The van der Waals surface area contributed by atoms with Gasteiger partial charge in [0.1, 0.15) is 0 Å². The molecule has 0 radical (unpaired) electrons. The third-order valence-corrected chi connectivity index (χ3v) is 2.57. The van der Waals surface area contributed by atoms with Crippen molar-refractivity contribution in [1.82, 2.24) is 4.90 Å². The summed E-state index contributed by atoms with van der Waals surface area (Å²) in [7, 11) is 0. The predicted molar refractivity (Wildman–Crippen MR) is 42.3 cm³/mol. The Balaban J connectivity index is 2.51. The van der Waals surface area contributed by atoms with Gasteiger partial charge in [-0.25, -0.2) is 0 Å². The molecule has 0 bridgehead atoms. The minimum Gasteiger partial charge on any atom is -0.395 e. The van der Waals surface area contributed by atoms with Crippen LogP contribution in [0.2, 0.25) is 0 Å². The first-order valence-corrected chi connectivity index (χ1v) is 4.35. The first-order valence-electron chi connectivity index (χ1n) is 4.35. The van der Waals surface area contributed by atoms with Crippen molar-refractivity contribution in [1.29, 1.82) is 0 Å². The largest absolute Gasteiger partial charge is 0.401 e. The van der Waals surface area contributed by atoms with E-state index in [2.05, 4.69) is 0 Å². The van der Waals surface area contributed by atoms with Gasteiger partial charge in [0.05, 0.1) is 13.2 Å². The second kappa shape index (κ2) is 3.84. The molecular formula is C8H14F3NO. The second-order valence-corrected chi connectivity index (χ2v) is 3.60. The van der Waals surface area contributed by atoms with E-state index in [1.807, 2.05) is 6.92 Å². The molecule has 5 heteroatoms. The monoisotopic (exact) mass is 197 g/mol. The van der Waals surface area contributed by atoms with Gasteiger partial charge in [0.15, 0.2) is 0 Å². The smallest absolute Gasteiger partial charge is 0.395 e. The van der Waals surface area contributed by atoms with E-state index in [0.717, 1.165) is 6.42 Å². The number of halogens is 3. The SMILES string of the molecule is CC1CCN(CC(F)(F)F)C1CO. The third-order valence-electron chi connectivity index (χ3n) is 2.57. The number of aliphatic hydroxyl groups excluding tert-OH is 1. The Morgan fingerprint density at radius 2 is 2.08 bits per heavy atom. The highest BCUT2D eigenvalue weighted by molar-refractivity contribution is 4.85. The fourth-order valence-electron chi connectivity index (χ4n) is 1.81. The van der Waals surface area contributed by atoms with Gasteiger partial charge in [-0.1, -0.05) is 6.92 Å². The topological polar surface area (TPSA) is 23.5 Å². The molecule has 0 aromatic carbocycles. The molecule has 1 fully saturated rings. The van der Waals surface area contributed by atoms with Gasteiger partial charge in [0.25, 0.3) is 0 Å². The van der Waals surface area contributed by atoms with Crippen molar-refractivity contribution in [2.24, 2.45) is 5.92 Å². The fourth-order valence-corrected chi connectivity index (χ4v) is 1.81. The molecule has 78 valence electrons. The average molecular weight is 197 g/mol. The lowest BCUT2D eigenvalue weighted by atomic mass is 10.0. The van der Waals surface area contributed by atoms with Gasteiger partial charge in [-0.3, -0.25) is 4.90 Å². The maximum Gasteiger partial charge on any atom is 0.401 e. The van der Waals surface area contributed by atoms with Crippen molar-refractivity contribution in [2.75, 3.05) is 19.7 Å². The molecule has 0 aromatic heterocycles. The van der Waals surface area contributed by atoms with Crippen molar-refractivity contribution in [3.8, 4) is 0 Å². The van der Waals surface area contributed by atoms with Crippen LogP contribution in [0.5, 0.6) is 0 Å². The van der Waals surface area contributed by atoms with E-state index in [1.165, 1.54) is 4.90 Å². The summed E-state index contributed by atoms with van der Waals surface area (Å²) in [5, 5.41) is 8.89. The maximum absolute atomic E-state index is 12.0. The molecule has 0 saturated carbocycles. The normalized spacial score (nSPS) is 31.2. The summed E-state index contributed by atoms with van der Waals surface area (Å²) in [4.78, 5) is 1.31. The number of aliphatic hydroxyl groups is 1. The van der Waals surface area contributed by atoms with Gasteiger partial charge in [-0.2, -0.15) is 13.2 Å². The molecule has 13 heavy (non-hydrogen) atoms. The van der Waals surface area contributed by atoms with Crippen LogP contribution in [0.4, 0.5) is 13.2 Å². The third kappa shape index (κ3) is 2.84. The summed E-state index contributed by atoms with van der Waals surface area (Å²) in [6.07, 6.45) is -3.42. The molecule has 0 aliphatic carbocycles. The summed E-state index contributed by atoms with van der Waals surface area (Å²) in [5.41, 5.74) is 0. The van der Waals surface area contributed by atoms with Crippen LogP contribution in [0.1, 0.15) is 13.3 Å². The van der Waals surface area contributed by atoms with E-state index in [1.54, 1.807) is 0 Å². The molecule has 0 amide bonds. The lowest BCUT2D eigenvalue weighted by molar-refractivity contribution is -0.149. The van der Waals surface area contributed by atoms with Crippen molar-refractivity contribution in [2.45, 2.75) is 25.6 Å². The van der Waals surface area contributed by atoms with E-state index >= 15 is 0 Å². The highest BCUT2D eigenvalue weighted by atomic mass is 19.4. The van der Waals surface area contributed by atoms with Gasteiger partial charge >= 0.3 is 6.18 Å². The quantitative estimate of drug-likeness (QED) is 0.720. The molecule has 0 aromatic rings. The lowest BCUT2D eigenvalue weighted by Crippen LogP contribution is -2.41. The fraction of sp³-hybridized carbons (Fsp3) is 1.00. The Morgan fingerprint density at radius 3 is 2.54 bits per heavy atom. The number of hydrogen-bond donors (Lipinski definition) is 1. The number of hydrogen-bond acceptors (Lipinski definition) is 2. The van der Waals surface area contributed by atoms with E-state index in [-0.39, 0.29) is 18.6 Å². The Hall–Kier alpha value is -0.290. The minimum atomic E-state index is -4.16. The van der Waals surface area contributed by atoms with Crippen LogP contribution in [-0.2, 0) is 0 Å². The van der Waals surface area contributed by atoms with Crippen LogP contribution in [0, 0.1) is 5.92 Å². The van der Waals surface area contributed by atoms with Crippen molar-refractivity contribution in [3.05, 3.63) is 0 Å². The molecule has 2 nitrogen and oxygen atoms in total. The predicted octanol–water partition coefficient (Wildman–Crippen LogP) is 1.25. The molecule has 0 spiro atoms. The van der Waals surface area contributed by atoms with Crippen molar-refractivity contribution >= 4 is 0 Å². The summed E-state index contributed by atoms with van der Waals surface area (Å²) in [6.45, 7) is 1.23. The first-order chi connectivity index (χ1) is 5.94. The zero-order valence-corrected chi connectivity index (χ0v) is 7.51. The van der Waals surface area contributed by atoms with E-state index in [9.17, 15) is 13.2 Å². The highest BCUT2D eigenvalue weighted by Crippen LogP contribution is 2.27. The van der Waals surface area contributed by atoms with Crippen LogP contribution in [0.25, 0.3) is 0 Å². The second-order valence-electron chi connectivity index (χ2n) is 3.60. The van der Waals surface area contributed by atoms with Gasteiger partial charge < -0.3 is 5.11 Å². The van der Waals surface area contributed by atoms with Crippen LogP contribution in [0.3, 0.4) is 0 Å². The van der Waals surface area contributed by atoms with E-state index in [0.29, 0.717) is 6.54 Å². The van der Waals surface area contributed by atoms with Gasteiger partial charge in [-0.15, -0.1) is 0 Å². The van der Waals surface area contributed by atoms with Crippen molar-refractivity contribution < 1.29 is 18.3 Å². The summed E-state index contributed by atoms with van der Waals surface area (Å²) < 4.78 is 36.1. The Labute approximate surface area is 75.3 Å². The van der Waals surface area contributed by atoms with E-state index < -0.39 is 12.7 Å². The number of alkyl halides is 3. The maximum atomic E-state index is 12.0. The summed E-state index contributed by atoms with van der Waals surface area (Å²) >= 11 is 0. The number of likely N-dealkylation sites (tertiary alicyclic amines) is 1. The number of rotatable bonds is 2. The Bertz CT molecular complexity index is 171. The molecule has 1 aliphatic heterocycles. The molecular weight excluding hydrogens is 183 g/mol. The standard InChI is InChI=1S/C8H14F3NO/c1-6-2-3-12(7(6)4-13)5-8(9,10)11/h6-7,13H,2-5H2,1H3. The lowest BCUT2D eigenvalue weighted by Gasteiger charge is -2.25. The number of nitrogens with zero attached hydrogens (tertiary/aromatic N) is 1. The van der Waals surface area contributed by atoms with Crippen LogP contribution >= 0.6 is 0 Å². The molecule has 1 heterocycles. The Kier molecular flexibility index (Phi) is 3.18. The zero-order chi connectivity index (χ0) is 10.1. The summed E-state index contributed by atoms with van der Waals surface area (Å²) in [5.74, 6) is 0.160. The zero-order valence-electron chi connectivity index (χ0n) is 7.51. The van der Waals surface area contributed by atoms with Gasteiger partial charge in [0, 0.05) is 6.04 Å². The molecule has 2 unspecified atom stereocenters. The molecule has 1 N–H and O–H groups in total. The van der Waals surface area contributed by atoms with Crippen molar-refractivity contribution in [3.63, 3.8) is 0 Å². The molecule has 1 rings (SSSR count). The molecule has 1 aliphatic rings. The molecule has 1 saturated heterocycles. The van der Waals surface area contributed by atoms with Gasteiger partial charge in [-0.05, 0) is 18.9 Å². The minimum absolute atomic E-state index is 0.160. The molecule has 2 atom stereocenters. The van der Waals surface area contributed by atoms with E-state index in [4.69, 9.17) is 5.11 Å². The van der Waals surface area contributed by atoms with Crippen LogP contribution in [-0.4, -0.2) is 41.9 Å². The Morgan fingerprint density at radius 1 is 1.46 bits per heavy atom.